The maximum absolute atomic E-state index is 12.6. The van der Waals surface area contributed by atoms with Gasteiger partial charge in [0.25, 0.3) is 10.0 Å². The Morgan fingerprint density at radius 2 is 1.81 bits per heavy atom. The van der Waals surface area contributed by atoms with Gasteiger partial charge in [0, 0.05) is 11.8 Å². The molecule has 0 aromatic heterocycles. The van der Waals surface area contributed by atoms with E-state index in [0.29, 0.717) is 31.1 Å². The average molecular weight is 313 g/mol. The van der Waals surface area contributed by atoms with Crippen molar-refractivity contribution >= 4 is 15.9 Å². The van der Waals surface area contributed by atoms with Crippen molar-refractivity contribution in [2.75, 3.05) is 0 Å². The molecule has 1 spiro atoms. The third-order valence-corrected chi connectivity index (χ3v) is 7.28. The molecular weight excluding hydrogens is 286 g/mol. The molecule has 120 valence electrons. The number of hydrogen-bond donors (Lipinski definition) is 0. The van der Waals surface area contributed by atoms with Gasteiger partial charge in [-0.15, -0.1) is 4.40 Å². The molecule has 1 aliphatic heterocycles. The third-order valence-electron chi connectivity index (χ3n) is 5.18. The molecule has 2 aliphatic carbocycles. The summed E-state index contributed by atoms with van der Waals surface area (Å²) in [5.74, 6) is 1.01. The fourth-order valence-corrected chi connectivity index (χ4v) is 5.82. The van der Waals surface area contributed by atoms with Gasteiger partial charge in [-0.2, -0.15) is 0 Å². The van der Waals surface area contributed by atoms with Crippen LogP contribution in [-0.4, -0.2) is 25.2 Å². The first-order valence-corrected chi connectivity index (χ1v) is 9.69. The molecule has 1 heterocycles. The first kappa shape index (κ1) is 15.3. The molecule has 0 saturated heterocycles. The van der Waals surface area contributed by atoms with Crippen LogP contribution in [0.5, 0.6) is 0 Å². The number of rotatable bonds is 2. The van der Waals surface area contributed by atoms with E-state index in [4.69, 9.17) is 4.74 Å². The van der Waals surface area contributed by atoms with Crippen LogP contribution in [0, 0.1) is 11.3 Å². The number of hydrogen-bond acceptors (Lipinski definition) is 3. The van der Waals surface area contributed by atoms with Crippen molar-refractivity contribution in [2.24, 2.45) is 15.7 Å². The van der Waals surface area contributed by atoms with Gasteiger partial charge in [-0.1, -0.05) is 40.0 Å². The summed E-state index contributed by atoms with van der Waals surface area (Å²) in [4.78, 5) is 0. The molecule has 0 aromatic carbocycles. The largest absolute Gasteiger partial charge is 0.475 e. The van der Waals surface area contributed by atoms with Crippen molar-refractivity contribution in [2.45, 2.75) is 83.0 Å². The summed E-state index contributed by atoms with van der Waals surface area (Å²) in [5.41, 5.74) is -0.183. The first-order chi connectivity index (χ1) is 9.75. The highest BCUT2D eigenvalue weighted by Gasteiger charge is 2.66. The van der Waals surface area contributed by atoms with Crippen molar-refractivity contribution in [1.82, 2.24) is 0 Å². The fourth-order valence-electron chi connectivity index (χ4n) is 3.96. The summed E-state index contributed by atoms with van der Waals surface area (Å²) in [6, 6.07) is 0. The fraction of sp³-hybridized carbons (Fsp3) is 0.938. The molecule has 2 saturated carbocycles. The van der Waals surface area contributed by atoms with Crippen LogP contribution < -0.4 is 0 Å². The predicted molar refractivity (Wildman–Crippen MR) is 83.8 cm³/mol. The highest BCUT2D eigenvalue weighted by Crippen LogP contribution is 2.55. The Hall–Kier alpha value is -0.580. The molecular formula is C16H27NO3S. The highest BCUT2D eigenvalue weighted by molar-refractivity contribution is 7.92. The Morgan fingerprint density at radius 1 is 1.19 bits per heavy atom. The summed E-state index contributed by atoms with van der Waals surface area (Å²) < 4.78 is 34.7. The first-order valence-electron chi connectivity index (χ1n) is 8.25. The predicted octanol–water partition coefficient (Wildman–Crippen LogP) is 3.66. The molecule has 0 N–H and O–H groups in total. The lowest BCUT2D eigenvalue weighted by Gasteiger charge is -2.39. The minimum atomic E-state index is -3.42. The minimum absolute atomic E-state index is 0.183. The number of nitrogens with zero attached hydrogens (tertiary/aromatic N) is 1. The summed E-state index contributed by atoms with van der Waals surface area (Å²) >= 11 is 0. The van der Waals surface area contributed by atoms with Gasteiger partial charge in [-0.25, -0.2) is 8.42 Å². The van der Waals surface area contributed by atoms with Crippen LogP contribution in [0.15, 0.2) is 4.40 Å². The molecule has 5 heteroatoms. The van der Waals surface area contributed by atoms with Gasteiger partial charge in [0.05, 0.1) is 0 Å². The zero-order chi connectivity index (χ0) is 15.3. The lowest BCUT2D eigenvalue weighted by atomic mass is 9.85. The zero-order valence-corrected chi connectivity index (χ0v) is 14.2. The maximum Gasteiger partial charge on any atom is 0.265 e. The Balaban J connectivity index is 1.84. The monoisotopic (exact) mass is 313 g/mol. The molecule has 0 aromatic rings. The molecule has 1 unspecified atom stereocenters. The lowest BCUT2D eigenvalue weighted by molar-refractivity contribution is 0.0557. The summed E-state index contributed by atoms with van der Waals surface area (Å²) in [7, 11) is -3.42. The van der Waals surface area contributed by atoms with Crippen LogP contribution >= 0.6 is 0 Å². The smallest absolute Gasteiger partial charge is 0.265 e. The standard InChI is InChI=1S/C16H27NO3S/c1-15(2,3)14-16(9-10-16)21(18,19)17-13(20-14)11-12-7-5-4-6-8-12/h12,14H,4-11H2,1-3H3. The normalized spacial score (nSPS) is 31.6. The van der Waals surface area contributed by atoms with E-state index in [-0.39, 0.29) is 11.5 Å². The Labute approximate surface area is 128 Å². The van der Waals surface area contributed by atoms with Crippen molar-refractivity contribution in [3.63, 3.8) is 0 Å². The third kappa shape index (κ3) is 2.73. The quantitative estimate of drug-likeness (QED) is 0.781. The number of ether oxygens (including phenoxy) is 1. The van der Waals surface area contributed by atoms with Gasteiger partial charge >= 0.3 is 0 Å². The maximum atomic E-state index is 12.6. The van der Waals surface area contributed by atoms with E-state index in [0.717, 1.165) is 0 Å². The van der Waals surface area contributed by atoms with E-state index in [1.807, 2.05) is 0 Å². The lowest BCUT2D eigenvalue weighted by Crippen LogP contribution is -2.50. The molecule has 2 fully saturated rings. The molecule has 21 heavy (non-hydrogen) atoms. The van der Waals surface area contributed by atoms with E-state index in [1.54, 1.807) is 0 Å². The van der Waals surface area contributed by atoms with Crippen LogP contribution in [0.1, 0.15) is 72.1 Å². The molecule has 3 aliphatic rings. The van der Waals surface area contributed by atoms with Gasteiger partial charge in [-0.05, 0) is 31.6 Å². The highest BCUT2D eigenvalue weighted by atomic mass is 32.2. The van der Waals surface area contributed by atoms with Crippen molar-refractivity contribution < 1.29 is 13.2 Å². The van der Waals surface area contributed by atoms with Crippen molar-refractivity contribution in [3.8, 4) is 0 Å². The Bertz CT molecular complexity index is 534. The molecule has 0 radical (unpaired) electrons. The van der Waals surface area contributed by atoms with Crippen LogP contribution in [0.25, 0.3) is 0 Å². The molecule has 0 amide bonds. The Kier molecular flexibility index (Phi) is 3.62. The van der Waals surface area contributed by atoms with Crippen LogP contribution in [-0.2, 0) is 14.8 Å². The second-order valence-electron chi connectivity index (χ2n) is 8.10. The molecule has 4 nitrogen and oxygen atoms in total. The van der Waals surface area contributed by atoms with Crippen molar-refractivity contribution in [1.29, 1.82) is 0 Å². The van der Waals surface area contributed by atoms with Gasteiger partial charge < -0.3 is 4.74 Å². The van der Waals surface area contributed by atoms with Gasteiger partial charge in [0.2, 0.25) is 5.90 Å². The molecule has 3 rings (SSSR count). The van der Waals surface area contributed by atoms with Gasteiger partial charge in [0.1, 0.15) is 10.9 Å². The molecule has 1 atom stereocenters. The van der Waals surface area contributed by atoms with Crippen molar-refractivity contribution in [3.05, 3.63) is 0 Å². The minimum Gasteiger partial charge on any atom is -0.475 e. The summed E-state index contributed by atoms with van der Waals surface area (Å²) in [6.07, 6.45) is 7.97. The summed E-state index contributed by atoms with van der Waals surface area (Å²) in [6.45, 7) is 6.20. The van der Waals surface area contributed by atoms with E-state index in [9.17, 15) is 8.42 Å². The van der Waals surface area contributed by atoms with Crippen LogP contribution in [0.4, 0.5) is 0 Å². The SMILES string of the molecule is CC(C)(C)C1OC(CC2CCCCC2)=NS(=O)(=O)C12CC2. The van der Waals surface area contributed by atoms with Crippen LogP contribution in [0.2, 0.25) is 0 Å². The van der Waals surface area contributed by atoms with E-state index >= 15 is 0 Å². The molecule has 0 bridgehead atoms. The topological polar surface area (TPSA) is 55.7 Å². The van der Waals surface area contributed by atoms with Gasteiger partial charge in [-0.3, -0.25) is 0 Å². The van der Waals surface area contributed by atoms with Crippen LogP contribution in [0.3, 0.4) is 0 Å². The van der Waals surface area contributed by atoms with Gasteiger partial charge in [0.15, 0.2) is 0 Å². The average Bonchev–Trinajstić information content (AvgIpc) is 3.15. The second-order valence-corrected chi connectivity index (χ2v) is 10.0. The van der Waals surface area contributed by atoms with E-state index < -0.39 is 14.8 Å². The summed E-state index contributed by atoms with van der Waals surface area (Å²) in [5, 5.41) is 0. The van der Waals surface area contributed by atoms with E-state index in [2.05, 4.69) is 25.2 Å². The Morgan fingerprint density at radius 3 is 2.33 bits per heavy atom. The van der Waals surface area contributed by atoms with E-state index in [1.165, 1.54) is 32.1 Å². The second kappa shape index (κ2) is 4.97. The number of sulfonamides is 1. The zero-order valence-electron chi connectivity index (χ0n) is 13.4.